The van der Waals surface area contributed by atoms with Gasteiger partial charge >= 0.3 is 5.97 Å². The predicted molar refractivity (Wildman–Crippen MR) is 93.2 cm³/mol. The molecule has 134 valence electrons. The number of carbonyl (C=O) groups excluding carboxylic acids is 1. The zero-order valence-electron chi connectivity index (χ0n) is 15.4. The molecule has 2 bridgehead atoms. The number of methoxy groups -OCH3 is 1. The minimum Gasteiger partial charge on any atom is -0.469 e. The highest BCUT2D eigenvalue weighted by molar-refractivity contribution is 5.77. The van der Waals surface area contributed by atoms with E-state index in [2.05, 4.69) is 20.4 Å². The van der Waals surface area contributed by atoms with Gasteiger partial charge in [0.25, 0.3) is 0 Å². The molecular weight excluding hydrogens is 300 g/mol. The number of ether oxygens (including phenoxy) is 1. The average Bonchev–Trinajstić information content (AvgIpc) is 2.74. The van der Waals surface area contributed by atoms with Crippen molar-refractivity contribution in [2.75, 3.05) is 7.11 Å². The summed E-state index contributed by atoms with van der Waals surface area (Å²) in [6.07, 6.45) is 8.43. The Balaban J connectivity index is 1.76. The summed E-state index contributed by atoms with van der Waals surface area (Å²) >= 11 is 0. The highest BCUT2D eigenvalue weighted by Gasteiger charge is 2.67. The number of carbonyl (C=O) groups is 1. The van der Waals surface area contributed by atoms with Crippen molar-refractivity contribution in [2.24, 2.45) is 34.0 Å². The Bertz CT molecular complexity index is 584. The summed E-state index contributed by atoms with van der Waals surface area (Å²) < 4.78 is 5.22. The van der Waals surface area contributed by atoms with Crippen LogP contribution in [0.2, 0.25) is 0 Å². The molecule has 0 amide bonds. The van der Waals surface area contributed by atoms with Gasteiger partial charge in [-0.2, -0.15) is 0 Å². The lowest BCUT2D eigenvalue weighted by molar-refractivity contribution is -0.192. The summed E-state index contributed by atoms with van der Waals surface area (Å²) in [5.41, 5.74) is 0.891. The fourth-order valence-corrected chi connectivity index (χ4v) is 7.84. The van der Waals surface area contributed by atoms with Crippen molar-refractivity contribution in [3.8, 4) is 0 Å². The van der Waals surface area contributed by atoms with Crippen LogP contribution in [0.25, 0.3) is 0 Å². The summed E-state index contributed by atoms with van der Waals surface area (Å²) in [6.45, 7) is 8.78. The third-order valence-electron chi connectivity index (χ3n) is 8.87. The van der Waals surface area contributed by atoms with Crippen LogP contribution in [0.1, 0.15) is 65.2 Å². The monoisotopic (exact) mass is 332 g/mol. The first kappa shape index (κ1) is 16.6. The molecule has 3 heteroatoms. The molecule has 0 heterocycles. The second kappa shape index (κ2) is 5.09. The van der Waals surface area contributed by atoms with Crippen molar-refractivity contribution in [1.82, 2.24) is 0 Å². The van der Waals surface area contributed by atoms with Gasteiger partial charge in [0.2, 0.25) is 0 Å². The quantitative estimate of drug-likeness (QED) is 0.581. The average molecular weight is 332 g/mol. The van der Waals surface area contributed by atoms with Gasteiger partial charge in [-0.1, -0.05) is 19.9 Å². The fraction of sp³-hybridized carbons (Fsp3) is 0.857. The smallest absolute Gasteiger partial charge is 0.311 e. The molecule has 0 saturated heterocycles. The highest BCUT2D eigenvalue weighted by atomic mass is 16.5. The Kier molecular flexibility index (Phi) is 3.53. The molecule has 1 N–H and O–H groups in total. The van der Waals surface area contributed by atoms with Gasteiger partial charge in [-0.25, -0.2) is 0 Å². The number of rotatable bonds is 1. The number of esters is 1. The topological polar surface area (TPSA) is 46.5 Å². The molecule has 4 aliphatic rings. The van der Waals surface area contributed by atoms with Crippen molar-refractivity contribution in [3.63, 3.8) is 0 Å². The maximum absolute atomic E-state index is 12.6. The molecule has 1 spiro atoms. The molecule has 3 nitrogen and oxygen atoms in total. The van der Waals surface area contributed by atoms with E-state index in [0.29, 0.717) is 17.8 Å². The van der Waals surface area contributed by atoms with Crippen LogP contribution in [-0.4, -0.2) is 24.3 Å². The summed E-state index contributed by atoms with van der Waals surface area (Å²) in [5.74, 6) is 1.38. The molecule has 4 saturated carbocycles. The van der Waals surface area contributed by atoms with Gasteiger partial charge in [-0.05, 0) is 80.6 Å². The van der Waals surface area contributed by atoms with E-state index in [1.807, 2.05) is 0 Å². The molecule has 4 rings (SSSR count). The van der Waals surface area contributed by atoms with Crippen molar-refractivity contribution < 1.29 is 14.6 Å². The lowest BCUT2D eigenvalue weighted by atomic mass is 9.40. The van der Waals surface area contributed by atoms with Crippen molar-refractivity contribution >= 4 is 5.97 Å². The van der Waals surface area contributed by atoms with E-state index < -0.39 is 0 Å². The Morgan fingerprint density at radius 1 is 1.17 bits per heavy atom. The van der Waals surface area contributed by atoms with Crippen molar-refractivity contribution in [3.05, 3.63) is 12.2 Å². The molecule has 7 atom stereocenters. The maximum Gasteiger partial charge on any atom is 0.311 e. The van der Waals surface area contributed by atoms with Crippen LogP contribution in [-0.2, 0) is 9.53 Å². The second-order valence-corrected chi connectivity index (χ2v) is 9.60. The molecular formula is C21H32O3. The molecule has 4 aliphatic carbocycles. The Hall–Kier alpha value is -0.830. The van der Waals surface area contributed by atoms with Gasteiger partial charge in [-0.3, -0.25) is 4.79 Å². The minimum absolute atomic E-state index is 0.0274. The zero-order valence-corrected chi connectivity index (χ0v) is 15.4. The summed E-state index contributed by atoms with van der Waals surface area (Å²) in [4.78, 5) is 12.6. The normalized spacial score (nSPS) is 53.2. The Labute approximate surface area is 145 Å². The molecule has 0 aromatic carbocycles. The van der Waals surface area contributed by atoms with E-state index in [0.717, 1.165) is 37.7 Å². The Morgan fingerprint density at radius 3 is 2.62 bits per heavy atom. The molecule has 0 aliphatic heterocycles. The van der Waals surface area contributed by atoms with Crippen LogP contribution < -0.4 is 0 Å². The van der Waals surface area contributed by atoms with E-state index in [4.69, 9.17) is 4.74 Å². The number of fused-ring (bicyclic) bond motifs is 3. The third kappa shape index (κ3) is 1.80. The van der Waals surface area contributed by atoms with Gasteiger partial charge in [-0.15, -0.1) is 0 Å². The molecule has 0 aromatic rings. The first-order chi connectivity index (χ1) is 11.3. The summed E-state index contributed by atoms with van der Waals surface area (Å²) in [6, 6.07) is 0. The zero-order chi connectivity index (χ0) is 17.3. The van der Waals surface area contributed by atoms with Crippen LogP contribution >= 0.6 is 0 Å². The molecule has 4 unspecified atom stereocenters. The third-order valence-corrected chi connectivity index (χ3v) is 8.87. The Morgan fingerprint density at radius 2 is 1.92 bits per heavy atom. The van der Waals surface area contributed by atoms with Gasteiger partial charge in [0, 0.05) is 5.41 Å². The largest absolute Gasteiger partial charge is 0.469 e. The predicted octanol–water partition coefficient (Wildman–Crippen LogP) is 4.10. The van der Waals surface area contributed by atoms with E-state index in [-0.39, 0.29) is 28.3 Å². The second-order valence-electron chi connectivity index (χ2n) is 9.60. The number of aliphatic hydroxyl groups excluding tert-OH is 1. The van der Waals surface area contributed by atoms with Crippen LogP contribution in [0, 0.1) is 34.0 Å². The first-order valence-electron chi connectivity index (χ1n) is 9.75. The highest BCUT2D eigenvalue weighted by Crippen LogP contribution is 2.72. The van der Waals surface area contributed by atoms with Crippen LogP contribution in [0.3, 0.4) is 0 Å². The lowest BCUT2D eigenvalue weighted by Crippen LogP contribution is -2.60. The van der Waals surface area contributed by atoms with Gasteiger partial charge < -0.3 is 9.84 Å². The molecule has 0 aromatic heterocycles. The van der Waals surface area contributed by atoms with Crippen molar-refractivity contribution in [1.29, 1.82) is 0 Å². The summed E-state index contributed by atoms with van der Waals surface area (Å²) in [5, 5.41) is 11.1. The first-order valence-corrected chi connectivity index (χ1v) is 9.75. The van der Waals surface area contributed by atoms with Gasteiger partial charge in [0.1, 0.15) is 0 Å². The number of hydrogen-bond donors (Lipinski definition) is 1. The summed E-state index contributed by atoms with van der Waals surface area (Å²) in [7, 11) is 1.53. The van der Waals surface area contributed by atoms with Gasteiger partial charge in [0.15, 0.2) is 0 Å². The SMILES string of the molecule is C=C1C2CCC3C(CCC4[C@@]3(C)CCC[C@@]4(C)C(=O)OC)(C2)[C@@H]1O. The number of hydrogen-bond acceptors (Lipinski definition) is 3. The number of aliphatic hydroxyl groups is 1. The van der Waals surface area contributed by atoms with Crippen LogP contribution in [0.5, 0.6) is 0 Å². The molecule has 0 radical (unpaired) electrons. The lowest BCUT2D eigenvalue weighted by Gasteiger charge is -2.63. The van der Waals surface area contributed by atoms with Gasteiger partial charge in [0.05, 0.1) is 18.6 Å². The standard InChI is InChI=1S/C21H32O3/c1-13-14-6-7-16-19(2)9-5-10-20(3,18(23)24-4)15(19)8-11-21(16,12-14)17(13)22/h14-17,22H,1,5-12H2,2-4H3/t14?,15?,16?,17-,19-,20-,21?/m1/s1. The van der Waals surface area contributed by atoms with Crippen LogP contribution in [0.15, 0.2) is 12.2 Å². The fourth-order valence-electron chi connectivity index (χ4n) is 7.84. The van der Waals surface area contributed by atoms with E-state index in [1.165, 1.54) is 26.4 Å². The maximum atomic E-state index is 12.6. The minimum atomic E-state index is -0.360. The van der Waals surface area contributed by atoms with E-state index >= 15 is 0 Å². The van der Waals surface area contributed by atoms with Crippen LogP contribution in [0.4, 0.5) is 0 Å². The van der Waals surface area contributed by atoms with E-state index in [1.54, 1.807) is 0 Å². The molecule has 24 heavy (non-hydrogen) atoms. The van der Waals surface area contributed by atoms with Crippen molar-refractivity contribution in [2.45, 2.75) is 71.3 Å². The molecule has 4 fully saturated rings. The van der Waals surface area contributed by atoms with E-state index in [9.17, 15) is 9.90 Å².